The Morgan fingerprint density at radius 3 is 1.61 bits per heavy atom. The van der Waals surface area contributed by atoms with Crippen LogP contribution in [0.25, 0.3) is 89.7 Å². The topological polar surface area (TPSA) is 35.1 Å². The standard InChI is InChI=1S/C50H34N4/c1-4-15-35(16-5-1)41-32-42(36-26-28-44(29-27-36)54-46-24-11-10-23-45(46)51-50(54)38-19-8-3-9-20-38)34-43(33-41)39-21-14-22-40(31-39)49-48(37-17-6-2-7-18-37)52-47-25-12-13-30-53(47)49/h1-34H. The fourth-order valence-electron chi connectivity index (χ4n) is 7.54. The van der Waals surface area contributed by atoms with E-state index in [1.807, 2.05) is 24.3 Å². The first-order valence-corrected chi connectivity index (χ1v) is 18.2. The largest absolute Gasteiger partial charge is 0.299 e. The monoisotopic (exact) mass is 690 g/mol. The van der Waals surface area contributed by atoms with Crippen molar-refractivity contribution in [2.75, 3.05) is 0 Å². The molecule has 4 heteroatoms. The molecule has 0 N–H and O–H groups in total. The van der Waals surface area contributed by atoms with Gasteiger partial charge in [0.1, 0.15) is 11.5 Å². The van der Waals surface area contributed by atoms with Crippen LogP contribution in [0, 0.1) is 0 Å². The van der Waals surface area contributed by atoms with Gasteiger partial charge in [0.2, 0.25) is 0 Å². The maximum atomic E-state index is 5.09. The van der Waals surface area contributed by atoms with Crippen LogP contribution in [0.15, 0.2) is 206 Å². The van der Waals surface area contributed by atoms with Crippen molar-refractivity contribution in [2.45, 2.75) is 0 Å². The number of pyridine rings is 1. The molecule has 0 aliphatic carbocycles. The lowest BCUT2D eigenvalue weighted by Crippen LogP contribution is -1.97. The van der Waals surface area contributed by atoms with Gasteiger partial charge < -0.3 is 0 Å². The van der Waals surface area contributed by atoms with E-state index in [1.165, 1.54) is 11.1 Å². The number of nitrogens with zero attached hydrogens (tertiary/aromatic N) is 4. The molecule has 0 bridgehead atoms. The van der Waals surface area contributed by atoms with E-state index in [1.54, 1.807) is 0 Å². The van der Waals surface area contributed by atoms with E-state index in [4.69, 9.17) is 9.97 Å². The molecule has 0 atom stereocenters. The Morgan fingerprint density at radius 2 is 0.889 bits per heavy atom. The molecular formula is C50H34N4. The molecule has 10 rings (SSSR count). The maximum absolute atomic E-state index is 5.09. The number of fused-ring (bicyclic) bond motifs is 2. The van der Waals surface area contributed by atoms with Gasteiger partial charge in [-0.2, -0.15) is 0 Å². The van der Waals surface area contributed by atoms with E-state index < -0.39 is 0 Å². The Balaban J connectivity index is 1.10. The van der Waals surface area contributed by atoms with E-state index in [-0.39, 0.29) is 0 Å². The van der Waals surface area contributed by atoms with Crippen LogP contribution in [-0.2, 0) is 0 Å². The van der Waals surface area contributed by atoms with Gasteiger partial charge in [0, 0.05) is 28.6 Å². The Labute approximate surface area is 313 Å². The Hall–Kier alpha value is -7.30. The third kappa shape index (κ3) is 5.67. The highest BCUT2D eigenvalue weighted by Crippen LogP contribution is 2.38. The van der Waals surface area contributed by atoms with Crippen molar-refractivity contribution in [3.63, 3.8) is 0 Å². The zero-order valence-corrected chi connectivity index (χ0v) is 29.4. The molecule has 0 radical (unpaired) electrons. The van der Waals surface area contributed by atoms with Crippen LogP contribution in [0.5, 0.6) is 0 Å². The van der Waals surface area contributed by atoms with Crippen molar-refractivity contribution in [2.24, 2.45) is 0 Å². The molecule has 10 aromatic rings. The number of hydrogen-bond donors (Lipinski definition) is 0. The first kappa shape index (κ1) is 31.4. The van der Waals surface area contributed by atoms with E-state index in [2.05, 4.69) is 191 Å². The minimum absolute atomic E-state index is 0.924. The Kier molecular flexibility index (Phi) is 7.77. The van der Waals surface area contributed by atoms with Crippen LogP contribution in [0.2, 0.25) is 0 Å². The minimum Gasteiger partial charge on any atom is -0.299 e. The number of aromatic nitrogens is 4. The second-order valence-corrected chi connectivity index (χ2v) is 13.5. The normalized spacial score (nSPS) is 11.3. The van der Waals surface area contributed by atoms with E-state index >= 15 is 0 Å². The summed E-state index contributed by atoms with van der Waals surface area (Å²) in [7, 11) is 0. The van der Waals surface area contributed by atoms with Crippen molar-refractivity contribution in [3.8, 4) is 73.0 Å². The second-order valence-electron chi connectivity index (χ2n) is 13.5. The lowest BCUT2D eigenvalue weighted by molar-refractivity contribution is 1.10. The number of imidazole rings is 2. The lowest BCUT2D eigenvalue weighted by atomic mass is 9.92. The van der Waals surface area contributed by atoms with Crippen molar-refractivity contribution in [1.82, 2.24) is 18.9 Å². The molecule has 54 heavy (non-hydrogen) atoms. The Morgan fingerprint density at radius 1 is 0.352 bits per heavy atom. The maximum Gasteiger partial charge on any atom is 0.145 e. The predicted octanol–water partition coefficient (Wildman–Crippen LogP) is 12.7. The van der Waals surface area contributed by atoms with Crippen LogP contribution >= 0.6 is 0 Å². The van der Waals surface area contributed by atoms with Gasteiger partial charge in [-0.1, -0.05) is 140 Å². The highest BCUT2D eigenvalue weighted by atomic mass is 15.1. The summed E-state index contributed by atoms with van der Waals surface area (Å²) in [6.45, 7) is 0. The van der Waals surface area contributed by atoms with Gasteiger partial charge in [-0.15, -0.1) is 0 Å². The van der Waals surface area contributed by atoms with Gasteiger partial charge in [-0.05, 0) is 94.0 Å². The summed E-state index contributed by atoms with van der Waals surface area (Å²) in [6.07, 6.45) is 2.10. The molecule has 254 valence electrons. The first-order chi connectivity index (χ1) is 26.8. The molecule has 3 aromatic heterocycles. The lowest BCUT2D eigenvalue weighted by Gasteiger charge is -2.14. The van der Waals surface area contributed by atoms with Crippen LogP contribution < -0.4 is 0 Å². The van der Waals surface area contributed by atoms with E-state index in [0.29, 0.717) is 0 Å². The molecule has 0 unspecified atom stereocenters. The van der Waals surface area contributed by atoms with Crippen LogP contribution in [0.4, 0.5) is 0 Å². The molecule has 4 nitrogen and oxygen atoms in total. The van der Waals surface area contributed by atoms with Crippen LogP contribution in [0.1, 0.15) is 0 Å². The van der Waals surface area contributed by atoms with Gasteiger partial charge in [-0.25, -0.2) is 9.97 Å². The number of hydrogen-bond acceptors (Lipinski definition) is 2. The molecule has 0 amide bonds. The predicted molar refractivity (Wildman–Crippen MR) is 222 cm³/mol. The third-order valence-electron chi connectivity index (χ3n) is 10.1. The quantitative estimate of drug-likeness (QED) is 0.167. The summed E-state index contributed by atoms with van der Waals surface area (Å²) in [5.41, 5.74) is 16.3. The molecule has 0 saturated carbocycles. The fourth-order valence-corrected chi connectivity index (χ4v) is 7.54. The van der Waals surface area contributed by atoms with Gasteiger partial charge in [0.15, 0.2) is 0 Å². The minimum atomic E-state index is 0.924. The zero-order valence-electron chi connectivity index (χ0n) is 29.4. The second kappa shape index (κ2) is 13.4. The molecule has 3 heterocycles. The summed E-state index contributed by atoms with van der Waals surface area (Å²) in [5, 5.41) is 0. The van der Waals surface area contributed by atoms with Crippen molar-refractivity contribution >= 4 is 16.7 Å². The SMILES string of the molecule is c1ccc(-c2cc(-c3ccc(-n4c(-c5ccccc5)nc5ccccc54)cc3)cc(-c3cccc(-c4c(-c5ccccc5)nc5ccccn45)c3)c2)cc1. The molecule has 0 fully saturated rings. The zero-order chi connectivity index (χ0) is 35.8. The van der Waals surface area contributed by atoms with Crippen molar-refractivity contribution < 1.29 is 0 Å². The summed E-state index contributed by atoms with van der Waals surface area (Å²) in [6, 6.07) is 70.7. The highest BCUT2D eigenvalue weighted by molar-refractivity contribution is 5.87. The summed E-state index contributed by atoms with van der Waals surface area (Å²) < 4.78 is 4.46. The molecule has 0 saturated heterocycles. The first-order valence-electron chi connectivity index (χ1n) is 18.2. The summed E-state index contributed by atoms with van der Waals surface area (Å²) in [4.78, 5) is 10.1. The smallest absolute Gasteiger partial charge is 0.145 e. The summed E-state index contributed by atoms with van der Waals surface area (Å²) >= 11 is 0. The number of rotatable bonds is 7. The van der Waals surface area contributed by atoms with Crippen LogP contribution in [0.3, 0.4) is 0 Å². The van der Waals surface area contributed by atoms with Gasteiger partial charge in [0.25, 0.3) is 0 Å². The number of benzene rings is 7. The van der Waals surface area contributed by atoms with Crippen molar-refractivity contribution in [1.29, 1.82) is 0 Å². The summed E-state index contributed by atoms with van der Waals surface area (Å²) in [5.74, 6) is 0.930. The molecule has 7 aromatic carbocycles. The fraction of sp³-hybridized carbons (Fsp3) is 0. The molecular weight excluding hydrogens is 657 g/mol. The molecule has 0 spiro atoms. The van der Waals surface area contributed by atoms with E-state index in [0.717, 1.165) is 78.5 Å². The number of para-hydroxylation sites is 2. The van der Waals surface area contributed by atoms with Gasteiger partial charge in [-0.3, -0.25) is 8.97 Å². The third-order valence-corrected chi connectivity index (χ3v) is 10.1. The average Bonchev–Trinajstić information content (AvgIpc) is 3.84. The van der Waals surface area contributed by atoms with Gasteiger partial charge in [0.05, 0.1) is 22.4 Å². The highest BCUT2D eigenvalue weighted by Gasteiger charge is 2.18. The van der Waals surface area contributed by atoms with E-state index in [9.17, 15) is 0 Å². The molecule has 0 aliphatic rings. The van der Waals surface area contributed by atoms with Crippen molar-refractivity contribution in [3.05, 3.63) is 206 Å². The average molecular weight is 691 g/mol. The van der Waals surface area contributed by atoms with Gasteiger partial charge >= 0.3 is 0 Å². The Bertz CT molecular complexity index is 2910. The molecule has 0 aliphatic heterocycles. The van der Waals surface area contributed by atoms with Crippen LogP contribution in [-0.4, -0.2) is 18.9 Å².